The van der Waals surface area contributed by atoms with Crippen molar-refractivity contribution in [3.8, 4) is 11.4 Å². The van der Waals surface area contributed by atoms with Crippen LogP contribution in [0.25, 0.3) is 11.4 Å². The number of benzene rings is 1. The second kappa shape index (κ2) is 4.99. The smallest absolute Gasteiger partial charge is 0.248 e. The lowest BCUT2D eigenvalue weighted by Crippen LogP contribution is -2.11. The molecule has 0 unspecified atom stereocenters. The van der Waals surface area contributed by atoms with Crippen molar-refractivity contribution in [1.82, 2.24) is 15.1 Å². The van der Waals surface area contributed by atoms with E-state index in [0.29, 0.717) is 11.7 Å². The maximum absolute atomic E-state index is 6.10. The Morgan fingerprint density at radius 1 is 1.05 bits per heavy atom. The third-order valence-corrected chi connectivity index (χ3v) is 2.79. The van der Waals surface area contributed by atoms with Crippen LogP contribution in [0.2, 0.25) is 0 Å². The molecule has 0 aliphatic heterocycles. The van der Waals surface area contributed by atoms with E-state index in [1.54, 1.807) is 12.4 Å². The van der Waals surface area contributed by atoms with Crippen molar-refractivity contribution in [3.05, 3.63) is 66.3 Å². The van der Waals surface area contributed by atoms with Crippen LogP contribution in [-0.2, 0) is 0 Å². The predicted molar refractivity (Wildman–Crippen MR) is 70.0 cm³/mol. The number of nitrogens with two attached hydrogens (primary N) is 1. The predicted octanol–water partition coefficient (Wildman–Crippen LogP) is 2.18. The van der Waals surface area contributed by atoms with Crippen molar-refractivity contribution in [2.45, 2.75) is 6.04 Å². The quantitative estimate of drug-likeness (QED) is 0.773. The largest absolute Gasteiger partial charge is 0.337 e. The summed E-state index contributed by atoms with van der Waals surface area (Å²) in [5, 5.41) is 3.93. The second-order valence-corrected chi connectivity index (χ2v) is 4.09. The summed E-state index contributed by atoms with van der Waals surface area (Å²) < 4.78 is 5.22. The normalized spacial score (nSPS) is 12.3. The van der Waals surface area contributed by atoms with Crippen molar-refractivity contribution >= 4 is 0 Å². The first-order valence-corrected chi connectivity index (χ1v) is 5.89. The number of rotatable bonds is 3. The summed E-state index contributed by atoms with van der Waals surface area (Å²) in [7, 11) is 0. The molecule has 5 heteroatoms. The third-order valence-electron chi connectivity index (χ3n) is 2.79. The Bertz CT molecular complexity index is 651. The van der Waals surface area contributed by atoms with E-state index in [1.165, 1.54) is 0 Å². The van der Waals surface area contributed by atoms with Gasteiger partial charge in [0.2, 0.25) is 11.7 Å². The summed E-state index contributed by atoms with van der Waals surface area (Å²) >= 11 is 0. The van der Waals surface area contributed by atoms with E-state index in [-0.39, 0.29) is 0 Å². The first-order valence-electron chi connectivity index (χ1n) is 5.89. The molecule has 5 nitrogen and oxygen atoms in total. The summed E-state index contributed by atoms with van der Waals surface area (Å²) in [6.07, 6.45) is 3.38. The van der Waals surface area contributed by atoms with E-state index in [2.05, 4.69) is 15.1 Å². The lowest BCUT2D eigenvalue weighted by atomic mass is 10.1. The Morgan fingerprint density at radius 3 is 2.63 bits per heavy atom. The number of pyridine rings is 1. The maximum atomic E-state index is 6.10. The van der Waals surface area contributed by atoms with Crippen LogP contribution in [0.4, 0.5) is 0 Å². The molecule has 0 bridgehead atoms. The van der Waals surface area contributed by atoms with Crippen LogP contribution in [-0.4, -0.2) is 15.1 Å². The Hall–Kier alpha value is -2.53. The Morgan fingerprint density at radius 2 is 1.89 bits per heavy atom. The van der Waals surface area contributed by atoms with Crippen LogP contribution < -0.4 is 5.73 Å². The van der Waals surface area contributed by atoms with Crippen molar-refractivity contribution in [2.75, 3.05) is 0 Å². The zero-order valence-corrected chi connectivity index (χ0v) is 10.1. The molecular formula is C14H12N4O. The van der Waals surface area contributed by atoms with Gasteiger partial charge in [-0.15, -0.1) is 0 Å². The molecule has 0 saturated heterocycles. The lowest BCUT2D eigenvalue weighted by molar-refractivity contribution is 0.367. The van der Waals surface area contributed by atoms with Gasteiger partial charge in [-0.05, 0) is 17.7 Å². The molecule has 2 aromatic heterocycles. The molecule has 94 valence electrons. The second-order valence-electron chi connectivity index (χ2n) is 4.09. The van der Waals surface area contributed by atoms with E-state index in [9.17, 15) is 0 Å². The number of aromatic nitrogens is 3. The van der Waals surface area contributed by atoms with E-state index >= 15 is 0 Å². The fraction of sp³-hybridized carbons (Fsp3) is 0.0714. The van der Waals surface area contributed by atoms with Crippen LogP contribution >= 0.6 is 0 Å². The Labute approximate surface area is 110 Å². The van der Waals surface area contributed by atoms with Crippen LogP contribution in [0.1, 0.15) is 17.5 Å². The van der Waals surface area contributed by atoms with Crippen molar-refractivity contribution in [1.29, 1.82) is 0 Å². The van der Waals surface area contributed by atoms with E-state index in [4.69, 9.17) is 10.3 Å². The minimum Gasteiger partial charge on any atom is -0.337 e. The average Bonchev–Trinajstić information content (AvgIpc) is 2.98. The van der Waals surface area contributed by atoms with E-state index in [1.807, 2.05) is 42.5 Å². The van der Waals surface area contributed by atoms with Gasteiger partial charge in [-0.1, -0.05) is 35.5 Å². The summed E-state index contributed by atoms with van der Waals surface area (Å²) in [5.41, 5.74) is 7.83. The molecule has 1 atom stereocenters. The van der Waals surface area contributed by atoms with Crippen LogP contribution in [0.3, 0.4) is 0 Å². The molecule has 0 amide bonds. The molecule has 0 aliphatic carbocycles. The molecule has 3 aromatic rings. The molecule has 0 spiro atoms. The molecule has 1 aromatic carbocycles. The zero-order valence-electron chi connectivity index (χ0n) is 10.1. The van der Waals surface area contributed by atoms with Crippen LogP contribution in [0.5, 0.6) is 0 Å². The minimum atomic E-state index is -0.417. The first kappa shape index (κ1) is 11.6. The van der Waals surface area contributed by atoms with Gasteiger partial charge >= 0.3 is 0 Å². The fourth-order valence-corrected chi connectivity index (χ4v) is 1.78. The maximum Gasteiger partial charge on any atom is 0.248 e. The molecular weight excluding hydrogens is 240 g/mol. The minimum absolute atomic E-state index is 0.394. The van der Waals surface area contributed by atoms with Gasteiger partial charge in [0, 0.05) is 18.0 Å². The summed E-state index contributed by atoms with van der Waals surface area (Å²) in [6.45, 7) is 0. The van der Waals surface area contributed by atoms with Gasteiger partial charge in [-0.2, -0.15) is 4.98 Å². The molecule has 0 radical (unpaired) electrons. The molecule has 3 rings (SSSR count). The monoisotopic (exact) mass is 252 g/mol. The average molecular weight is 252 g/mol. The third kappa shape index (κ3) is 2.36. The van der Waals surface area contributed by atoms with Crippen LogP contribution in [0.15, 0.2) is 59.4 Å². The molecule has 0 saturated carbocycles. The highest BCUT2D eigenvalue weighted by atomic mass is 16.5. The Balaban J connectivity index is 1.90. The zero-order chi connectivity index (χ0) is 13.1. The van der Waals surface area contributed by atoms with Crippen molar-refractivity contribution < 1.29 is 4.52 Å². The van der Waals surface area contributed by atoms with Gasteiger partial charge in [0.15, 0.2) is 0 Å². The number of hydrogen-bond donors (Lipinski definition) is 1. The van der Waals surface area contributed by atoms with Crippen molar-refractivity contribution in [3.63, 3.8) is 0 Å². The highest BCUT2D eigenvalue weighted by molar-refractivity contribution is 5.52. The lowest BCUT2D eigenvalue weighted by Gasteiger charge is -2.05. The molecule has 0 aliphatic rings. The van der Waals surface area contributed by atoms with E-state index in [0.717, 1.165) is 11.1 Å². The molecule has 2 heterocycles. The summed E-state index contributed by atoms with van der Waals surface area (Å²) in [5.74, 6) is 0.888. The van der Waals surface area contributed by atoms with Gasteiger partial charge in [0.05, 0.1) is 0 Å². The fourth-order valence-electron chi connectivity index (χ4n) is 1.78. The van der Waals surface area contributed by atoms with Gasteiger partial charge < -0.3 is 10.3 Å². The SMILES string of the molecule is N[C@H](c1ccccc1)c1nc(-c2cccnc2)no1. The number of nitrogens with zero attached hydrogens (tertiary/aromatic N) is 3. The van der Waals surface area contributed by atoms with Gasteiger partial charge in [-0.3, -0.25) is 4.98 Å². The van der Waals surface area contributed by atoms with Gasteiger partial charge in [0.1, 0.15) is 6.04 Å². The van der Waals surface area contributed by atoms with Crippen LogP contribution in [0, 0.1) is 0 Å². The van der Waals surface area contributed by atoms with Crippen molar-refractivity contribution in [2.24, 2.45) is 5.73 Å². The van der Waals surface area contributed by atoms with Gasteiger partial charge in [0.25, 0.3) is 0 Å². The molecule has 0 fully saturated rings. The molecule has 19 heavy (non-hydrogen) atoms. The summed E-state index contributed by atoms with van der Waals surface area (Å²) in [4.78, 5) is 8.33. The first-order chi connectivity index (χ1) is 9.34. The van der Waals surface area contributed by atoms with Gasteiger partial charge in [-0.25, -0.2) is 0 Å². The standard InChI is InChI=1S/C14H12N4O/c15-12(10-5-2-1-3-6-10)14-17-13(18-19-14)11-7-4-8-16-9-11/h1-9,12H,15H2/t12-/m1/s1. The molecule has 2 N–H and O–H groups in total. The number of hydrogen-bond acceptors (Lipinski definition) is 5. The van der Waals surface area contributed by atoms with E-state index < -0.39 is 6.04 Å². The highest BCUT2D eigenvalue weighted by Crippen LogP contribution is 2.20. The summed E-state index contributed by atoms with van der Waals surface area (Å²) in [6, 6.07) is 12.9. The topological polar surface area (TPSA) is 77.8 Å². The highest BCUT2D eigenvalue weighted by Gasteiger charge is 2.17. The Kier molecular flexibility index (Phi) is 3.04.